The van der Waals surface area contributed by atoms with E-state index < -0.39 is 0 Å². The first-order chi connectivity index (χ1) is 8.17. The monoisotopic (exact) mass is 238 g/mol. The summed E-state index contributed by atoms with van der Waals surface area (Å²) in [6.45, 7) is 4.83. The van der Waals surface area contributed by atoms with Crippen LogP contribution in [0.2, 0.25) is 0 Å². The number of nitrogens with zero attached hydrogens (tertiary/aromatic N) is 2. The van der Waals surface area contributed by atoms with Gasteiger partial charge in [-0.2, -0.15) is 5.10 Å². The van der Waals surface area contributed by atoms with Gasteiger partial charge in [0.15, 0.2) is 0 Å². The highest BCUT2D eigenvalue weighted by Crippen LogP contribution is 2.29. The number of rotatable bonds is 4. The Morgan fingerprint density at radius 3 is 2.94 bits per heavy atom. The molecule has 0 radical (unpaired) electrons. The van der Waals surface area contributed by atoms with Crippen LogP contribution < -0.4 is 11.1 Å². The first-order valence-electron chi connectivity index (χ1n) is 6.29. The average molecular weight is 238 g/mol. The van der Waals surface area contributed by atoms with Gasteiger partial charge >= 0.3 is 0 Å². The van der Waals surface area contributed by atoms with Gasteiger partial charge in [0.1, 0.15) is 5.82 Å². The molecule has 0 bridgehead atoms. The van der Waals surface area contributed by atoms with Crippen LogP contribution in [0.25, 0.3) is 0 Å². The van der Waals surface area contributed by atoms with Crippen molar-refractivity contribution in [2.75, 3.05) is 18.2 Å². The second-order valence-electron chi connectivity index (χ2n) is 4.62. The summed E-state index contributed by atoms with van der Waals surface area (Å²) >= 11 is 0. The normalized spacial score (nSPS) is 24.2. The first kappa shape index (κ1) is 12.2. The SMILES string of the molecule is CCn1nc(C)c(N)c1NC1CCCC1OC. The number of nitrogens with one attached hydrogen (secondary N) is 1. The molecule has 0 aliphatic heterocycles. The summed E-state index contributed by atoms with van der Waals surface area (Å²) in [7, 11) is 1.77. The zero-order valence-electron chi connectivity index (χ0n) is 10.9. The molecular weight excluding hydrogens is 216 g/mol. The summed E-state index contributed by atoms with van der Waals surface area (Å²) in [5.41, 5.74) is 7.71. The van der Waals surface area contributed by atoms with Crippen molar-refractivity contribution in [3.8, 4) is 0 Å². The topological polar surface area (TPSA) is 65.1 Å². The molecule has 5 heteroatoms. The highest BCUT2D eigenvalue weighted by Gasteiger charge is 2.28. The molecule has 3 N–H and O–H groups in total. The molecule has 0 aromatic carbocycles. The summed E-state index contributed by atoms with van der Waals surface area (Å²) < 4.78 is 7.41. The zero-order valence-corrected chi connectivity index (χ0v) is 10.9. The third-order valence-electron chi connectivity index (χ3n) is 3.55. The number of methoxy groups -OCH3 is 1. The summed E-state index contributed by atoms with van der Waals surface area (Å²) in [4.78, 5) is 0. The van der Waals surface area contributed by atoms with Crippen LogP contribution >= 0.6 is 0 Å². The van der Waals surface area contributed by atoms with E-state index in [4.69, 9.17) is 10.5 Å². The van der Waals surface area contributed by atoms with Crippen molar-refractivity contribution in [3.63, 3.8) is 0 Å². The van der Waals surface area contributed by atoms with Gasteiger partial charge in [0.25, 0.3) is 0 Å². The van der Waals surface area contributed by atoms with E-state index in [0.717, 1.165) is 36.6 Å². The van der Waals surface area contributed by atoms with Gasteiger partial charge in [-0.25, -0.2) is 4.68 Å². The fraction of sp³-hybridized carbons (Fsp3) is 0.750. The highest BCUT2D eigenvalue weighted by molar-refractivity contribution is 5.65. The molecule has 96 valence electrons. The van der Waals surface area contributed by atoms with Crippen molar-refractivity contribution in [2.45, 2.75) is 51.8 Å². The number of hydrogen-bond acceptors (Lipinski definition) is 4. The van der Waals surface area contributed by atoms with Gasteiger partial charge < -0.3 is 15.8 Å². The number of ether oxygens (including phenoxy) is 1. The molecule has 1 saturated carbocycles. The molecule has 1 aromatic heterocycles. The number of nitrogens with two attached hydrogens (primary N) is 1. The number of anilines is 2. The summed E-state index contributed by atoms with van der Waals surface area (Å²) in [5.74, 6) is 0.943. The molecule has 2 atom stereocenters. The van der Waals surface area contributed by atoms with Crippen LogP contribution in [-0.4, -0.2) is 29.0 Å². The molecule has 1 fully saturated rings. The van der Waals surface area contributed by atoms with E-state index in [1.807, 2.05) is 11.6 Å². The Labute approximate surface area is 102 Å². The number of aromatic nitrogens is 2. The molecule has 1 heterocycles. The standard InChI is InChI=1S/C12H22N4O/c1-4-16-12(11(13)8(2)15-16)14-9-6-5-7-10(9)17-3/h9-10,14H,4-7,13H2,1-3H3. The van der Waals surface area contributed by atoms with Gasteiger partial charge in [0.05, 0.1) is 23.5 Å². The van der Waals surface area contributed by atoms with E-state index in [0.29, 0.717) is 6.04 Å². The first-order valence-corrected chi connectivity index (χ1v) is 6.29. The van der Waals surface area contributed by atoms with Crippen LogP contribution in [0, 0.1) is 6.92 Å². The number of hydrogen-bond donors (Lipinski definition) is 2. The van der Waals surface area contributed by atoms with Gasteiger partial charge in [-0.05, 0) is 33.1 Å². The molecule has 1 aliphatic rings. The molecule has 17 heavy (non-hydrogen) atoms. The van der Waals surface area contributed by atoms with Gasteiger partial charge in [-0.3, -0.25) is 0 Å². The smallest absolute Gasteiger partial charge is 0.148 e. The lowest BCUT2D eigenvalue weighted by Crippen LogP contribution is -2.31. The predicted molar refractivity (Wildman–Crippen MR) is 69.1 cm³/mol. The number of nitrogen functional groups attached to an aromatic ring is 1. The predicted octanol–water partition coefficient (Wildman–Crippen LogP) is 1.77. The van der Waals surface area contributed by atoms with E-state index in [1.165, 1.54) is 6.42 Å². The number of aryl methyl sites for hydroxylation is 2. The minimum absolute atomic E-state index is 0.287. The quantitative estimate of drug-likeness (QED) is 0.839. The minimum atomic E-state index is 0.287. The molecular formula is C12H22N4O. The molecule has 2 rings (SSSR count). The highest BCUT2D eigenvalue weighted by atomic mass is 16.5. The molecule has 0 saturated heterocycles. The Bertz CT molecular complexity index is 388. The van der Waals surface area contributed by atoms with Crippen molar-refractivity contribution in [1.29, 1.82) is 0 Å². The maximum Gasteiger partial charge on any atom is 0.148 e. The van der Waals surface area contributed by atoms with Crippen molar-refractivity contribution in [3.05, 3.63) is 5.69 Å². The van der Waals surface area contributed by atoms with Crippen LogP contribution in [0.3, 0.4) is 0 Å². The summed E-state index contributed by atoms with van der Waals surface area (Å²) in [6, 6.07) is 0.351. The van der Waals surface area contributed by atoms with E-state index in [1.54, 1.807) is 7.11 Å². The second kappa shape index (κ2) is 4.96. The summed E-state index contributed by atoms with van der Waals surface area (Å²) in [6.07, 6.45) is 3.74. The third-order valence-corrected chi connectivity index (χ3v) is 3.55. The molecule has 1 aliphatic carbocycles. The fourth-order valence-corrected chi connectivity index (χ4v) is 2.53. The Balaban J connectivity index is 2.17. The second-order valence-corrected chi connectivity index (χ2v) is 4.62. The van der Waals surface area contributed by atoms with Crippen LogP contribution in [0.1, 0.15) is 31.9 Å². The van der Waals surface area contributed by atoms with Crippen LogP contribution in [0.4, 0.5) is 11.5 Å². The minimum Gasteiger partial charge on any atom is -0.394 e. The van der Waals surface area contributed by atoms with Crippen molar-refractivity contribution >= 4 is 11.5 Å². The molecule has 1 aromatic rings. The average Bonchev–Trinajstić information content (AvgIpc) is 2.88. The van der Waals surface area contributed by atoms with E-state index >= 15 is 0 Å². The van der Waals surface area contributed by atoms with Gasteiger partial charge in [-0.15, -0.1) is 0 Å². The van der Waals surface area contributed by atoms with Crippen molar-refractivity contribution in [2.24, 2.45) is 0 Å². The van der Waals surface area contributed by atoms with E-state index in [2.05, 4.69) is 17.3 Å². The van der Waals surface area contributed by atoms with Crippen LogP contribution in [0.15, 0.2) is 0 Å². The summed E-state index contributed by atoms with van der Waals surface area (Å²) in [5, 5.41) is 7.91. The maximum absolute atomic E-state index is 6.06. The fourth-order valence-electron chi connectivity index (χ4n) is 2.53. The molecule has 5 nitrogen and oxygen atoms in total. The molecule has 0 spiro atoms. The molecule has 0 amide bonds. The van der Waals surface area contributed by atoms with Crippen LogP contribution in [-0.2, 0) is 11.3 Å². The Kier molecular flexibility index (Phi) is 3.57. The van der Waals surface area contributed by atoms with Gasteiger partial charge in [0.2, 0.25) is 0 Å². The lowest BCUT2D eigenvalue weighted by Gasteiger charge is -2.21. The maximum atomic E-state index is 6.06. The lowest BCUT2D eigenvalue weighted by molar-refractivity contribution is 0.101. The van der Waals surface area contributed by atoms with Gasteiger partial charge in [0, 0.05) is 13.7 Å². The van der Waals surface area contributed by atoms with Gasteiger partial charge in [-0.1, -0.05) is 0 Å². The van der Waals surface area contributed by atoms with Crippen LogP contribution in [0.5, 0.6) is 0 Å². The molecule has 2 unspecified atom stereocenters. The Morgan fingerprint density at radius 1 is 1.53 bits per heavy atom. The van der Waals surface area contributed by atoms with Crippen molar-refractivity contribution < 1.29 is 4.74 Å². The van der Waals surface area contributed by atoms with E-state index in [9.17, 15) is 0 Å². The zero-order chi connectivity index (χ0) is 12.4. The van der Waals surface area contributed by atoms with E-state index in [-0.39, 0.29) is 6.10 Å². The largest absolute Gasteiger partial charge is 0.394 e. The van der Waals surface area contributed by atoms with Crippen molar-refractivity contribution in [1.82, 2.24) is 9.78 Å². The lowest BCUT2D eigenvalue weighted by atomic mass is 10.2. The Hall–Kier alpha value is -1.23. The third kappa shape index (κ3) is 2.24. The Morgan fingerprint density at radius 2 is 2.29 bits per heavy atom.